The number of aliphatic hydroxyl groups is 1. The third-order valence-corrected chi connectivity index (χ3v) is 5.07. The van der Waals surface area contributed by atoms with Crippen LogP contribution in [0.25, 0.3) is 0 Å². The van der Waals surface area contributed by atoms with Gasteiger partial charge in [0.25, 0.3) is 10.1 Å². The topological polar surface area (TPSA) is 74.6 Å². The molecule has 0 aromatic carbocycles. The Kier molecular flexibility index (Phi) is 12.5. The summed E-state index contributed by atoms with van der Waals surface area (Å²) in [5, 5.41) is 8.00. The second-order valence-electron chi connectivity index (χ2n) is 5.62. The summed E-state index contributed by atoms with van der Waals surface area (Å²) in [6.45, 7) is 2.03. The molecule has 0 bridgehead atoms. The van der Waals surface area contributed by atoms with Gasteiger partial charge in [0, 0.05) is 6.61 Å². The van der Waals surface area contributed by atoms with Gasteiger partial charge in [-0.1, -0.05) is 71.1 Å². The molecule has 4 nitrogen and oxygen atoms in total. The summed E-state index contributed by atoms with van der Waals surface area (Å²) in [5.74, 6) is 0. The van der Waals surface area contributed by atoms with Crippen LogP contribution in [0.4, 0.5) is 0 Å². The molecule has 0 spiro atoms. The van der Waals surface area contributed by atoms with Crippen LogP contribution in [0, 0.1) is 0 Å². The van der Waals surface area contributed by atoms with Gasteiger partial charge in [0.1, 0.15) is 0 Å². The van der Waals surface area contributed by atoms with Crippen LogP contribution in [0.2, 0.25) is 0 Å². The predicted molar refractivity (Wildman–Crippen MR) is 83.5 cm³/mol. The largest absolute Gasteiger partial charge is 0.396 e. The zero-order chi connectivity index (χ0) is 15.3. The fraction of sp³-hybridized carbons (Fsp3) is 1.00. The van der Waals surface area contributed by atoms with Gasteiger partial charge in [-0.25, -0.2) is 0 Å². The molecule has 0 radical (unpaired) electrons. The van der Waals surface area contributed by atoms with Crippen molar-refractivity contribution in [3.8, 4) is 0 Å². The molecule has 20 heavy (non-hydrogen) atoms. The van der Waals surface area contributed by atoms with E-state index in [0.29, 0.717) is 6.42 Å². The summed E-state index contributed by atoms with van der Waals surface area (Å²) in [6.07, 6.45) is 12.6. The molecule has 0 amide bonds. The van der Waals surface area contributed by atoms with Crippen LogP contribution in [-0.2, 0) is 10.1 Å². The van der Waals surface area contributed by atoms with Gasteiger partial charge in [-0.15, -0.1) is 0 Å². The van der Waals surface area contributed by atoms with Crippen LogP contribution in [0.1, 0.15) is 84.0 Å². The summed E-state index contributed by atoms with van der Waals surface area (Å²) in [6, 6.07) is 0. The van der Waals surface area contributed by atoms with Gasteiger partial charge in [0.15, 0.2) is 0 Å². The molecule has 5 heteroatoms. The molecule has 2 N–H and O–H groups in total. The van der Waals surface area contributed by atoms with Crippen molar-refractivity contribution >= 4 is 10.1 Å². The lowest BCUT2D eigenvalue weighted by molar-refractivity contribution is 0.279. The maximum absolute atomic E-state index is 11.1. The first-order chi connectivity index (χ1) is 9.52. The highest BCUT2D eigenvalue weighted by atomic mass is 32.2. The summed E-state index contributed by atoms with van der Waals surface area (Å²) in [7, 11) is -4.00. The second-order valence-corrected chi connectivity index (χ2v) is 7.32. The van der Waals surface area contributed by atoms with Gasteiger partial charge < -0.3 is 5.11 Å². The van der Waals surface area contributed by atoms with Gasteiger partial charge in [-0.3, -0.25) is 4.55 Å². The van der Waals surface area contributed by atoms with Crippen LogP contribution in [-0.4, -0.2) is 29.9 Å². The molecule has 0 aliphatic heterocycles. The summed E-state index contributed by atoms with van der Waals surface area (Å²) < 4.78 is 31.1. The van der Waals surface area contributed by atoms with Crippen LogP contribution >= 0.6 is 0 Å². The van der Waals surface area contributed by atoms with Crippen molar-refractivity contribution in [1.82, 2.24) is 0 Å². The SMILES string of the molecule is CCCCCCCCCCCCC(CCO)S(=O)(=O)O. The quantitative estimate of drug-likeness (QED) is 0.376. The van der Waals surface area contributed by atoms with E-state index in [2.05, 4.69) is 6.92 Å². The smallest absolute Gasteiger partial charge is 0.267 e. The number of rotatable bonds is 14. The monoisotopic (exact) mass is 308 g/mol. The Labute approximate surface area is 124 Å². The standard InChI is InChI=1S/C15H32O4S/c1-2-3-4-5-6-7-8-9-10-11-12-15(13-14-16)20(17,18)19/h15-16H,2-14H2,1H3,(H,17,18,19). The Bertz CT molecular complexity index is 301. The van der Waals surface area contributed by atoms with Gasteiger partial charge in [0.05, 0.1) is 5.25 Å². The van der Waals surface area contributed by atoms with Crippen molar-refractivity contribution < 1.29 is 18.1 Å². The van der Waals surface area contributed by atoms with E-state index in [1.165, 1.54) is 44.9 Å². The molecule has 0 saturated carbocycles. The lowest BCUT2D eigenvalue weighted by atomic mass is 10.0. The molecule has 1 unspecified atom stereocenters. The van der Waals surface area contributed by atoms with Crippen molar-refractivity contribution in [1.29, 1.82) is 0 Å². The summed E-state index contributed by atoms with van der Waals surface area (Å²) in [5.41, 5.74) is 0. The van der Waals surface area contributed by atoms with E-state index in [1.807, 2.05) is 0 Å². The lowest BCUT2D eigenvalue weighted by Crippen LogP contribution is -2.21. The van der Waals surface area contributed by atoms with E-state index in [4.69, 9.17) is 9.66 Å². The lowest BCUT2D eigenvalue weighted by Gasteiger charge is -2.12. The van der Waals surface area contributed by atoms with Crippen molar-refractivity contribution in [2.45, 2.75) is 89.2 Å². The number of unbranched alkanes of at least 4 members (excludes halogenated alkanes) is 9. The van der Waals surface area contributed by atoms with E-state index in [-0.39, 0.29) is 13.0 Å². The van der Waals surface area contributed by atoms with E-state index in [0.717, 1.165) is 19.3 Å². The molecule has 0 aromatic heterocycles. The van der Waals surface area contributed by atoms with Gasteiger partial charge in [-0.2, -0.15) is 8.42 Å². The molecule has 0 heterocycles. The van der Waals surface area contributed by atoms with E-state index in [1.54, 1.807) is 0 Å². The molecule has 0 rings (SSSR count). The first-order valence-electron chi connectivity index (χ1n) is 8.09. The number of hydrogen-bond donors (Lipinski definition) is 2. The van der Waals surface area contributed by atoms with Crippen molar-refractivity contribution in [3.63, 3.8) is 0 Å². The van der Waals surface area contributed by atoms with Gasteiger partial charge >= 0.3 is 0 Å². The minimum Gasteiger partial charge on any atom is -0.396 e. The van der Waals surface area contributed by atoms with Gasteiger partial charge in [0.2, 0.25) is 0 Å². The molecular weight excluding hydrogens is 276 g/mol. The number of aliphatic hydroxyl groups excluding tert-OH is 1. The van der Waals surface area contributed by atoms with E-state index < -0.39 is 15.4 Å². The van der Waals surface area contributed by atoms with Crippen LogP contribution < -0.4 is 0 Å². The first kappa shape index (κ1) is 19.9. The molecule has 0 fully saturated rings. The molecule has 0 saturated heterocycles. The minimum atomic E-state index is -4.00. The molecule has 0 aliphatic rings. The Balaban J connectivity index is 3.46. The van der Waals surface area contributed by atoms with Crippen LogP contribution in [0.5, 0.6) is 0 Å². The molecule has 0 aliphatic carbocycles. The van der Waals surface area contributed by atoms with E-state index >= 15 is 0 Å². The Morgan fingerprint density at radius 2 is 1.25 bits per heavy atom. The molecular formula is C15H32O4S. The highest BCUT2D eigenvalue weighted by Gasteiger charge is 2.21. The average Bonchev–Trinajstić information content (AvgIpc) is 2.38. The molecule has 122 valence electrons. The van der Waals surface area contributed by atoms with Crippen LogP contribution in [0.3, 0.4) is 0 Å². The minimum absolute atomic E-state index is 0.135. The summed E-state index contributed by atoms with van der Waals surface area (Å²) >= 11 is 0. The zero-order valence-corrected chi connectivity index (χ0v) is 13.7. The Morgan fingerprint density at radius 1 is 0.800 bits per heavy atom. The molecule has 0 aromatic rings. The Hall–Kier alpha value is -0.130. The van der Waals surface area contributed by atoms with Crippen molar-refractivity contribution in [2.24, 2.45) is 0 Å². The predicted octanol–water partition coefficient (Wildman–Crippen LogP) is 3.94. The normalized spacial score (nSPS) is 13.6. The first-order valence-corrected chi connectivity index (χ1v) is 9.59. The summed E-state index contributed by atoms with van der Waals surface area (Å²) in [4.78, 5) is 0. The highest BCUT2D eigenvalue weighted by Crippen LogP contribution is 2.16. The zero-order valence-electron chi connectivity index (χ0n) is 12.9. The molecule has 1 atom stereocenters. The maximum Gasteiger partial charge on any atom is 0.267 e. The Morgan fingerprint density at radius 3 is 1.65 bits per heavy atom. The fourth-order valence-corrected chi connectivity index (χ4v) is 3.31. The number of hydrogen-bond acceptors (Lipinski definition) is 3. The average molecular weight is 308 g/mol. The van der Waals surface area contributed by atoms with Crippen molar-refractivity contribution in [2.75, 3.05) is 6.61 Å². The van der Waals surface area contributed by atoms with Crippen molar-refractivity contribution in [3.05, 3.63) is 0 Å². The fourth-order valence-electron chi connectivity index (χ4n) is 2.45. The van der Waals surface area contributed by atoms with E-state index in [9.17, 15) is 8.42 Å². The second kappa shape index (κ2) is 12.6. The maximum atomic E-state index is 11.1. The van der Waals surface area contributed by atoms with Crippen LogP contribution in [0.15, 0.2) is 0 Å². The van der Waals surface area contributed by atoms with Gasteiger partial charge in [-0.05, 0) is 12.8 Å². The third kappa shape index (κ3) is 11.7. The highest BCUT2D eigenvalue weighted by molar-refractivity contribution is 7.86. The third-order valence-electron chi connectivity index (χ3n) is 3.75.